The Morgan fingerprint density at radius 2 is 1.33 bits per heavy atom. The average molecular weight is 341 g/mol. The zero-order valence-corrected chi connectivity index (χ0v) is 17.3. The van der Waals surface area contributed by atoms with Crippen molar-refractivity contribution in [1.29, 1.82) is 0 Å². The molecule has 0 saturated heterocycles. The fourth-order valence-corrected chi connectivity index (χ4v) is 2.90. The lowest BCUT2D eigenvalue weighted by Gasteiger charge is -2.17. The van der Waals surface area contributed by atoms with Gasteiger partial charge in [0.25, 0.3) is 0 Å². The molecule has 0 aliphatic rings. The number of rotatable bonds is 15. The summed E-state index contributed by atoms with van der Waals surface area (Å²) in [5.41, 5.74) is 0.373. The topological polar surface area (TPSA) is 26.3 Å². The van der Waals surface area contributed by atoms with Crippen molar-refractivity contribution in [2.24, 2.45) is 11.3 Å². The fourth-order valence-electron chi connectivity index (χ4n) is 2.90. The highest BCUT2D eigenvalue weighted by Crippen LogP contribution is 2.22. The van der Waals surface area contributed by atoms with Gasteiger partial charge in [-0.1, -0.05) is 92.4 Å². The fraction of sp³-hybridized carbons (Fsp3) is 0.955. The Hall–Kier alpha value is -0.530. The molecule has 0 fully saturated rings. The van der Waals surface area contributed by atoms with Gasteiger partial charge >= 0.3 is 5.97 Å². The summed E-state index contributed by atoms with van der Waals surface area (Å²) in [7, 11) is 0. The van der Waals surface area contributed by atoms with Crippen molar-refractivity contribution in [3.8, 4) is 0 Å². The molecule has 0 N–H and O–H groups in total. The van der Waals surface area contributed by atoms with Gasteiger partial charge in [-0.05, 0) is 30.6 Å². The van der Waals surface area contributed by atoms with Crippen LogP contribution < -0.4 is 0 Å². The van der Waals surface area contributed by atoms with Gasteiger partial charge in [0.2, 0.25) is 0 Å². The Balaban J connectivity index is 3.22. The highest BCUT2D eigenvalue weighted by atomic mass is 16.5. The lowest BCUT2D eigenvalue weighted by molar-refractivity contribution is -0.143. The van der Waals surface area contributed by atoms with Crippen LogP contribution in [-0.2, 0) is 9.53 Å². The first-order chi connectivity index (χ1) is 11.3. The third-order valence-electron chi connectivity index (χ3n) is 4.50. The maximum atomic E-state index is 11.6. The van der Waals surface area contributed by atoms with Crippen molar-refractivity contribution < 1.29 is 9.53 Å². The summed E-state index contributed by atoms with van der Waals surface area (Å²) in [6.07, 6.45) is 15.6. The first kappa shape index (κ1) is 23.5. The third kappa shape index (κ3) is 19.5. The summed E-state index contributed by atoms with van der Waals surface area (Å²) >= 11 is 0. The molecular weight excluding hydrogens is 296 g/mol. The molecule has 0 aliphatic heterocycles. The molecule has 0 atom stereocenters. The molecule has 0 aromatic carbocycles. The Kier molecular flexibility index (Phi) is 14.5. The van der Waals surface area contributed by atoms with Gasteiger partial charge in [0.1, 0.15) is 0 Å². The number of ether oxygens (including phenoxy) is 1. The summed E-state index contributed by atoms with van der Waals surface area (Å²) in [5, 5.41) is 0. The lowest BCUT2D eigenvalue weighted by atomic mass is 9.89. The third-order valence-corrected chi connectivity index (χ3v) is 4.50. The minimum Gasteiger partial charge on any atom is -0.466 e. The number of hydrogen-bond donors (Lipinski definition) is 0. The smallest absolute Gasteiger partial charge is 0.305 e. The molecule has 0 aromatic rings. The maximum absolute atomic E-state index is 11.6. The highest BCUT2D eigenvalue weighted by molar-refractivity contribution is 5.69. The van der Waals surface area contributed by atoms with Gasteiger partial charge in [0, 0.05) is 6.42 Å². The van der Waals surface area contributed by atoms with Crippen molar-refractivity contribution >= 4 is 5.97 Å². The number of esters is 1. The molecule has 0 heterocycles. The molecule has 0 amide bonds. The van der Waals surface area contributed by atoms with E-state index in [4.69, 9.17) is 4.74 Å². The largest absolute Gasteiger partial charge is 0.466 e. The van der Waals surface area contributed by atoms with E-state index in [0.29, 0.717) is 18.4 Å². The molecule has 0 bridgehead atoms. The Morgan fingerprint density at radius 3 is 1.88 bits per heavy atom. The molecule has 0 aromatic heterocycles. The predicted molar refractivity (Wildman–Crippen MR) is 105 cm³/mol. The van der Waals surface area contributed by atoms with Gasteiger partial charge in [0.15, 0.2) is 0 Å². The van der Waals surface area contributed by atoms with Crippen molar-refractivity contribution in [2.45, 2.75) is 118 Å². The minimum absolute atomic E-state index is 0.00550. The van der Waals surface area contributed by atoms with E-state index >= 15 is 0 Å². The molecule has 0 aliphatic carbocycles. The standard InChI is InChI=1S/C22H44O2/c1-20(2)16-12-10-8-6-7-9-11-15-19-24-21(23)17-13-14-18-22(3,4)5/h20H,6-19H2,1-5H3. The highest BCUT2D eigenvalue weighted by Gasteiger charge is 2.10. The van der Waals surface area contributed by atoms with Crippen LogP contribution in [0.1, 0.15) is 118 Å². The van der Waals surface area contributed by atoms with Crippen LogP contribution in [-0.4, -0.2) is 12.6 Å². The Morgan fingerprint density at radius 1 is 0.792 bits per heavy atom. The maximum Gasteiger partial charge on any atom is 0.305 e. The van der Waals surface area contributed by atoms with Crippen LogP contribution in [0.5, 0.6) is 0 Å². The normalized spacial score (nSPS) is 11.9. The van der Waals surface area contributed by atoms with Crippen LogP contribution in [0.15, 0.2) is 0 Å². The van der Waals surface area contributed by atoms with E-state index in [2.05, 4.69) is 34.6 Å². The van der Waals surface area contributed by atoms with Gasteiger partial charge < -0.3 is 4.74 Å². The van der Waals surface area contributed by atoms with Crippen LogP contribution in [0.25, 0.3) is 0 Å². The summed E-state index contributed by atoms with van der Waals surface area (Å²) in [6, 6.07) is 0. The van der Waals surface area contributed by atoms with Gasteiger partial charge in [-0.3, -0.25) is 4.79 Å². The minimum atomic E-state index is -0.00550. The van der Waals surface area contributed by atoms with Crippen molar-refractivity contribution in [3.63, 3.8) is 0 Å². The van der Waals surface area contributed by atoms with Crippen LogP contribution >= 0.6 is 0 Å². The number of carbonyl (C=O) groups excluding carboxylic acids is 1. The van der Waals surface area contributed by atoms with E-state index in [0.717, 1.165) is 25.2 Å². The number of hydrogen-bond acceptors (Lipinski definition) is 2. The second-order valence-corrected chi connectivity index (χ2v) is 9.00. The molecule has 144 valence electrons. The molecule has 0 unspecified atom stereocenters. The van der Waals surface area contributed by atoms with E-state index < -0.39 is 0 Å². The monoisotopic (exact) mass is 340 g/mol. The SMILES string of the molecule is CC(C)CCCCCCCCCCOC(=O)CCCCC(C)(C)C. The quantitative estimate of drug-likeness (QED) is 0.231. The van der Waals surface area contributed by atoms with Gasteiger partial charge in [0.05, 0.1) is 6.61 Å². The first-order valence-corrected chi connectivity index (χ1v) is 10.5. The van der Waals surface area contributed by atoms with Crippen molar-refractivity contribution in [1.82, 2.24) is 0 Å². The molecular formula is C22H44O2. The summed E-state index contributed by atoms with van der Waals surface area (Å²) < 4.78 is 5.32. The predicted octanol–water partition coefficient (Wildman–Crippen LogP) is 7.30. The van der Waals surface area contributed by atoms with E-state index in [9.17, 15) is 4.79 Å². The molecule has 0 spiro atoms. The second kappa shape index (κ2) is 14.8. The number of unbranched alkanes of at least 4 members (excludes halogenated alkanes) is 8. The average Bonchev–Trinajstić information content (AvgIpc) is 2.48. The van der Waals surface area contributed by atoms with Crippen LogP contribution in [0.2, 0.25) is 0 Å². The van der Waals surface area contributed by atoms with Gasteiger partial charge in [-0.2, -0.15) is 0 Å². The molecule has 2 nitrogen and oxygen atoms in total. The van der Waals surface area contributed by atoms with Crippen molar-refractivity contribution in [3.05, 3.63) is 0 Å². The molecule has 24 heavy (non-hydrogen) atoms. The number of carbonyl (C=O) groups is 1. The summed E-state index contributed by atoms with van der Waals surface area (Å²) in [4.78, 5) is 11.6. The zero-order valence-electron chi connectivity index (χ0n) is 17.3. The zero-order chi connectivity index (χ0) is 18.3. The van der Waals surface area contributed by atoms with Crippen LogP contribution in [0.4, 0.5) is 0 Å². The van der Waals surface area contributed by atoms with Crippen molar-refractivity contribution in [2.75, 3.05) is 6.61 Å². The van der Waals surface area contributed by atoms with Crippen LogP contribution in [0.3, 0.4) is 0 Å². The molecule has 0 rings (SSSR count). The lowest BCUT2D eigenvalue weighted by Crippen LogP contribution is -2.07. The summed E-state index contributed by atoms with van der Waals surface area (Å²) in [6.45, 7) is 12.0. The Labute approximate surface area is 152 Å². The molecule has 0 radical (unpaired) electrons. The van der Waals surface area contributed by atoms with Gasteiger partial charge in [-0.25, -0.2) is 0 Å². The Bertz CT molecular complexity index is 289. The molecule has 2 heteroatoms. The second-order valence-electron chi connectivity index (χ2n) is 9.00. The van der Waals surface area contributed by atoms with E-state index in [1.165, 1.54) is 57.8 Å². The molecule has 0 saturated carbocycles. The van der Waals surface area contributed by atoms with Gasteiger partial charge in [-0.15, -0.1) is 0 Å². The van der Waals surface area contributed by atoms with E-state index in [1.54, 1.807) is 0 Å². The first-order valence-electron chi connectivity index (χ1n) is 10.5. The van der Waals surface area contributed by atoms with Crippen LogP contribution in [0, 0.1) is 11.3 Å². The van der Waals surface area contributed by atoms with E-state index in [-0.39, 0.29) is 5.97 Å². The van der Waals surface area contributed by atoms with E-state index in [1.807, 2.05) is 0 Å². The summed E-state index contributed by atoms with van der Waals surface area (Å²) in [5.74, 6) is 0.847.